The smallest absolute Gasteiger partial charge is 0.269 e. The molecule has 0 radical (unpaired) electrons. The number of pyridine rings is 1. The van der Waals surface area contributed by atoms with Gasteiger partial charge < -0.3 is 15.6 Å². The van der Waals surface area contributed by atoms with Gasteiger partial charge in [-0.2, -0.15) is 10.2 Å². The SMILES string of the molecule is CC(Oc1ccc2c(c1)c(C(N)=O)nn2-c1cnn(CC(O)N(C)C)c1)c1c(Cl)cncc1Cl. The Balaban J connectivity index is 1.68. The van der Waals surface area contributed by atoms with Crippen molar-refractivity contribution in [3.63, 3.8) is 0 Å². The van der Waals surface area contributed by atoms with Crippen LogP contribution < -0.4 is 10.5 Å². The van der Waals surface area contributed by atoms with Crippen LogP contribution in [0, 0.1) is 0 Å². The van der Waals surface area contributed by atoms with E-state index in [2.05, 4.69) is 15.2 Å². The number of hydrogen-bond acceptors (Lipinski definition) is 7. The summed E-state index contributed by atoms with van der Waals surface area (Å²) in [5, 5.41) is 20.1. The minimum absolute atomic E-state index is 0.0918. The molecule has 3 N–H and O–H groups in total. The van der Waals surface area contributed by atoms with Crippen LogP contribution in [-0.2, 0) is 6.54 Å². The minimum Gasteiger partial charge on any atom is -0.486 e. The lowest BCUT2D eigenvalue weighted by Crippen LogP contribution is -2.31. The molecule has 0 spiro atoms. The van der Waals surface area contributed by atoms with Crippen molar-refractivity contribution in [2.45, 2.75) is 25.8 Å². The lowest BCUT2D eigenvalue weighted by molar-refractivity contribution is 0.0232. The number of aliphatic hydroxyl groups excluding tert-OH is 1. The largest absolute Gasteiger partial charge is 0.486 e. The van der Waals surface area contributed by atoms with Crippen molar-refractivity contribution in [2.75, 3.05) is 14.1 Å². The van der Waals surface area contributed by atoms with E-state index in [-0.39, 0.29) is 12.2 Å². The average molecular weight is 504 g/mol. The molecule has 4 rings (SSSR count). The first-order valence-corrected chi connectivity index (χ1v) is 11.1. The molecule has 3 aromatic heterocycles. The van der Waals surface area contributed by atoms with E-state index in [1.54, 1.807) is 59.0 Å². The molecule has 0 saturated carbocycles. The normalized spacial score (nSPS) is 13.4. The zero-order chi connectivity index (χ0) is 24.6. The summed E-state index contributed by atoms with van der Waals surface area (Å²) in [7, 11) is 3.54. The summed E-state index contributed by atoms with van der Waals surface area (Å²) in [5.41, 5.74) is 7.55. The average Bonchev–Trinajstić information content (AvgIpc) is 3.37. The number of rotatable bonds is 8. The van der Waals surface area contributed by atoms with E-state index in [9.17, 15) is 9.90 Å². The quantitative estimate of drug-likeness (QED) is 0.354. The first-order chi connectivity index (χ1) is 16.2. The second-order valence-corrected chi connectivity index (χ2v) is 8.76. The van der Waals surface area contributed by atoms with Crippen molar-refractivity contribution in [3.8, 4) is 11.4 Å². The van der Waals surface area contributed by atoms with Crippen LogP contribution in [0.2, 0.25) is 10.0 Å². The maximum absolute atomic E-state index is 12.1. The Labute approximate surface area is 205 Å². The van der Waals surface area contributed by atoms with Crippen LogP contribution in [0.15, 0.2) is 43.0 Å². The van der Waals surface area contributed by atoms with Crippen LogP contribution in [-0.4, -0.2) is 60.8 Å². The number of fused-ring (bicyclic) bond motifs is 1. The lowest BCUT2D eigenvalue weighted by atomic mass is 10.1. The van der Waals surface area contributed by atoms with Crippen LogP contribution in [0.3, 0.4) is 0 Å². The fraction of sp³-hybridized carbons (Fsp3) is 0.273. The van der Waals surface area contributed by atoms with E-state index in [0.717, 1.165) is 0 Å². The van der Waals surface area contributed by atoms with Crippen molar-refractivity contribution in [1.29, 1.82) is 0 Å². The van der Waals surface area contributed by atoms with Gasteiger partial charge in [-0.3, -0.25) is 19.4 Å². The van der Waals surface area contributed by atoms with Crippen molar-refractivity contribution >= 4 is 40.0 Å². The molecular formula is C22H23Cl2N7O3. The molecule has 4 aromatic rings. The molecule has 0 saturated heterocycles. The van der Waals surface area contributed by atoms with Gasteiger partial charge in [0.2, 0.25) is 0 Å². The number of hydrogen-bond donors (Lipinski definition) is 2. The van der Waals surface area contributed by atoms with E-state index in [1.165, 1.54) is 12.4 Å². The van der Waals surface area contributed by atoms with Crippen molar-refractivity contribution in [2.24, 2.45) is 5.73 Å². The Kier molecular flexibility index (Phi) is 6.76. The van der Waals surface area contributed by atoms with Gasteiger partial charge in [-0.05, 0) is 39.2 Å². The number of ether oxygens (including phenoxy) is 1. The molecular weight excluding hydrogens is 481 g/mol. The number of amides is 1. The third-order valence-corrected chi connectivity index (χ3v) is 5.91. The highest BCUT2D eigenvalue weighted by Gasteiger charge is 2.20. The fourth-order valence-corrected chi connectivity index (χ4v) is 4.19. The molecule has 0 aliphatic heterocycles. The monoisotopic (exact) mass is 503 g/mol. The van der Waals surface area contributed by atoms with Crippen molar-refractivity contribution in [3.05, 3.63) is 64.3 Å². The molecule has 2 unspecified atom stereocenters. The van der Waals surface area contributed by atoms with Gasteiger partial charge in [0.25, 0.3) is 5.91 Å². The second kappa shape index (κ2) is 9.59. The van der Waals surface area contributed by atoms with Gasteiger partial charge in [0.05, 0.1) is 34.5 Å². The molecule has 12 heteroatoms. The molecule has 1 aromatic carbocycles. The highest BCUT2D eigenvalue weighted by Crippen LogP contribution is 2.34. The second-order valence-electron chi connectivity index (χ2n) is 7.95. The molecule has 0 fully saturated rings. The first kappa shape index (κ1) is 24.0. The minimum atomic E-state index is -0.701. The molecule has 1 amide bonds. The summed E-state index contributed by atoms with van der Waals surface area (Å²) < 4.78 is 9.23. The third-order valence-electron chi connectivity index (χ3n) is 5.31. The number of nitrogens with zero attached hydrogens (tertiary/aromatic N) is 6. The Hall–Kier alpha value is -3.18. The number of halogens is 2. The summed E-state index contributed by atoms with van der Waals surface area (Å²) >= 11 is 12.5. The highest BCUT2D eigenvalue weighted by molar-refractivity contribution is 6.35. The van der Waals surface area contributed by atoms with Crippen LogP contribution in [0.25, 0.3) is 16.6 Å². The number of nitrogens with two attached hydrogens (primary N) is 1. The van der Waals surface area contributed by atoms with Gasteiger partial charge in [0, 0.05) is 23.3 Å². The molecule has 0 bridgehead atoms. The lowest BCUT2D eigenvalue weighted by Gasteiger charge is -2.17. The Morgan fingerprint density at radius 2 is 1.94 bits per heavy atom. The maximum Gasteiger partial charge on any atom is 0.269 e. The number of carbonyl (C=O) groups is 1. The zero-order valence-electron chi connectivity index (χ0n) is 18.7. The summed E-state index contributed by atoms with van der Waals surface area (Å²) in [4.78, 5) is 17.8. The van der Waals surface area contributed by atoms with Crippen molar-refractivity contribution in [1.82, 2.24) is 29.4 Å². The number of likely N-dealkylation sites (N-methyl/N-ethyl adjacent to an activating group) is 1. The number of primary amides is 1. The molecule has 34 heavy (non-hydrogen) atoms. The summed E-state index contributed by atoms with van der Waals surface area (Å²) in [6.07, 6.45) is 5.14. The van der Waals surface area contributed by atoms with E-state index in [4.69, 9.17) is 33.7 Å². The first-order valence-electron chi connectivity index (χ1n) is 10.3. The van der Waals surface area contributed by atoms with Crippen LogP contribution >= 0.6 is 23.2 Å². The number of aromatic nitrogens is 5. The summed E-state index contributed by atoms with van der Waals surface area (Å²) in [6.45, 7) is 2.08. The van der Waals surface area contributed by atoms with Gasteiger partial charge >= 0.3 is 0 Å². The van der Waals surface area contributed by atoms with Gasteiger partial charge in [-0.1, -0.05) is 23.2 Å². The maximum atomic E-state index is 12.1. The Morgan fingerprint density at radius 1 is 1.24 bits per heavy atom. The topological polar surface area (TPSA) is 124 Å². The molecule has 2 atom stereocenters. The van der Waals surface area contributed by atoms with Gasteiger partial charge in [-0.25, -0.2) is 4.68 Å². The summed E-state index contributed by atoms with van der Waals surface area (Å²) in [6, 6.07) is 5.22. The molecule has 0 aliphatic rings. The predicted molar refractivity (Wildman–Crippen MR) is 128 cm³/mol. The standard InChI is InChI=1S/C22H23Cl2N7O3/c1-12(20-16(23)8-26-9-17(20)24)34-14-4-5-18-15(6-14)21(22(25)33)28-31(18)13-7-27-30(10-13)11-19(32)29(2)3/h4-10,12,19,32H,11H2,1-3H3,(H2,25,33). The fourth-order valence-electron chi connectivity index (χ4n) is 3.51. The number of carbonyl (C=O) groups excluding carboxylic acids is 1. The van der Waals surface area contributed by atoms with E-state index in [0.29, 0.717) is 37.9 Å². The van der Waals surface area contributed by atoms with Crippen LogP contribution in [0.4, 0.5) is 0 Å². The number of aliphatic hydroxyl groups is 1. The molecule has 10 nitrogen and oxygen atoms in total. The Morgan fingerprint density at radius 3 is 2.59 bits per heavy atom. The molecule has 178 valence electrons. The highest BCUT2D eigenvalue weighted by atomic mass is 35.5. The molecule has 0 aliphatic carbocycles. The van der Waals surface area contributed by atoms with E-state index in [1.807, 2.05) is 6.92 Å². The third kappa shape index (κ3) is 4.71. The van der Waals surface area contributed by atoms with Crippen LogP contribution in [0.1, 0.15) is 29.1 Å². The van der Waals surface area contributed by atoms with Gasteiger partial charge in [0.1, 0.15) is 23.8 Å². The van der Waals surface area contributed by atoms with Gasteiger partial charge in [0.15, 0.2) is 5.69 Å². The van der Waals surface area contributed by atoms with Gasteiger partial charge in [-0.15, -0.1) is 0 Å². The van der Waals surface area contributed by atoms with Crippen molar-refractivity contribution < 1.29 is 14.6 Å². The predicted octanol–water partition coefficient (Wildman–Crippen LogP) is 3.04. The Bertz CT molecular complexity index is 1330. The van der Waals surface area contributed by atoms with Crippen LogP contribution in [0.5, 0.6) is 5.75 Å². The zero-order valence-corrected chi connectivity index (χ0v) is 20.2. The number of benzene rings is 1. The van der Waals surface area contributed by atoms with E-state index < -0.39 is 18.2 Å². The van der Waals surface area contributed by atoms with E-state index >= 15 is 0 Å². The summed E-state index contributed by atoms with van der Waals surface area (Å²) in [5.74, 6) is -0.194. The molecule has 3 heterocycles.